The fourth-order valence-electron chi connectivity index (χ4n) is 8.04. The summed E-state index contributed by atoms with van der Waals surface area (Å²) in [5, 5.41) is 24.2. The molecule has 0 saturated carbocycles. The molecule has 19 nitrogen and oxygen atoms in total. The highest BCUT2D eigenvalue weighted by Crippen LogP contribution is 2.35. The van der Waals surface area contributed by atoms with E-state index < -0.39 is 18.0 Å². The third-order valence-electron chi connectivity index (χ3n) is 11.4. The number of nitrogens with one attached hydrogen (secondary N) is 4. The van der Waals surface area contributed by atoms with E-state index in [1.807, 2.05) is 62.1 Å². The first-order valence-electron chi connectivity index (χ1n) is 21.5. The number of nitrogen functional groups attached to an aromatic ring is 1. The molecule has 0 aliphatic carbocycles. The van der Waals surface area contributed by atoms with Gasteiger partial charge < -0.3 is 30.4 Å². The van der Waals surface area contributed by atoms with Gasteiger partial charge in [0.15, 0.2) is 5.82 Å². The molecular formula is C45H51N13O6. The summed E-state index contributed by atoms with van der Waals surface area (Å²) >= 11 is 0. The van der Waals surface area contributed by atoms with Crippen LogP contribution in [-0.4, -0.2) is 75.3 Å². The number of piperidine rings is 1. The summed E-state index contributed by atoms with van der Waals surface area (Å²) in [5.41, 5.74) is 11.9. The second kappa shape index (κ2) is 18.5. The normalized spacial score (nSPS) is 15.1. The zero-order valence-corrected chi connectivity index (χ0v) is 36.0. The van der Waals surface area contributed by atoms with Crippen molar-refractivity contribution in [1.29, 1.82) is 0 Å². The largest absolute Gasteiger partial charge is 0.383 e. The Hall–Kier alpha value is -7.44. The van der Waals surface area contributed by atoms with Crippen molar-refractivity contribution in [3.63, 3.8) is 0 Å². The van der Waals surface area contributed by atoms with Crippen LogP contribution in [0.25, 0.3) is 22.2 Å². The molecule has 1 unspecified atom stereocenters. The van der Waals surface area contributed by atoms with E-state index in [4.69, 9.17) is 10.3 Å². The molecule has 2 aliphatic heterocycles. The van der Waals surface area contributed by atoms with Crippen molar-refractivity contribution in [3.05, 3.63) is 89.8 Å². The maximum atomic E-state index is 13.1. The van der Waals surface area contributed by atoms with Crippen LogP contribution in [0, 0.1) is 0 Å². The predicted octanol–water partition coefficient (Wildman–Crippen LogP) is 6.18. The van der Waals surface area contributed by atoms with E-state index in [0.717, 1.165) is 60.0 Å². The lowest BCUT2D eigenvalue weighted by Gasteiger charge is -2.29. The van der Waals surface area contributed by atoms with Crippen molar-refractivity contribution in [1.82, 2.24) is 44.9 Å². The van der Waals surface area contributed by atoms with Gasteiger partial charge in [-0.1, -0.05) is 55.8 Å². The van der Waals surface area contributed by atoms with Crippen LogP contribution in [-0.2, 0) is 45.9 Å². The maximum Gasteiger partial charge on any atom is 0.324 e. The molecule has 6 heterocycles. The molecule has 0 radical (unpaired) electrons. The Morgan fingerprint density at radius 3 is 2.52 bits per heavy atom. The summed E-state index contributed by atoms with van der Waals surface area (Å²) < 4.78 is 9.29. The third kappa shape index (κ3) is 9.77. The summed E-state index contributed by atoms with van der Waals surface area (Å²) in [6.45, 7) is 7.59. The van der Waals surface area contributed by atoms with E-state index >= 15 is 0 Å². The molecule has 2 aliphatic rings. The fraction of sp³-hybridized carbons (Fsp3) is 0.378. The van der Waals surface area contributed by atoms with E-state index in [1.165, 1.54) is 11.2 Å². The number of carbonyl (C=O) groups excluding carboxylic acids is 5. The van der Waals surface area contributed by atoms with E-state index in [1.54, 1.807) is 24.3 Å². The first-order chi connectivity index (χ1) is 30.8. The Bertz CT molecular complexity index is 2710. The second-order valence-corrected chi connectivity index (χ2v) is 17.2. The number of urea groups is 1. The van der Waals surface area contributed by atoms with Crippen LogP contribution >= 0.6 is 0 Å². The van der Waals surface area contributed by atoms with Gasteiger partial charge in [-0.25, -0.2) is 14.8 Å². The minimum atomic E-state index is -0.716. The van der Waals surface area contributed by atoms with E-state index in [2.05, 4.69) is 51.3 Å². The predicted molar refractivity (Wildman–Crippen MR) is 238 cm³/mol. The van der Waals surface area contributed by atoms with Gasteiger partial charge in [-0.3, -0.25) is 34.5 Å². The number of hydrogen-bond donors (Lipinski definition) is 5. The smallest absolute Gasteiger partial charge is 0.324 e. The number of hydrogen-bond acceptors (Lipinski definition) is 12. The molecule has 2 aromatic carbocycles. The molecule has 1 atom stereocenters. The Labute approximate surface area is 368 Å². The zero-order valence-electron chi connectivity index (χ0n) is 36.0. The van der Waals surface area contributed by atoms with Crippen LogP contribution in [0.5, 0.6) is 0 Å². The molecule has 6 aromatic rings. The van der Waals surface area contributed by atoms with Gasteiger partial charge in [0.2, 0.25) is 17.7 Å². The third-order valence-corrected chi connectivity index (χ3v) is 11.4. The zero-order chi connectivity index (χ0) is 45.0. The number of imide groups is 1. The van der Waals surface area contributed by atoms with E-state index in [-0.39, 0.29) is 42.5 Å². The van der Waals surface area contributed by atoms with Gasteiger partial charge >= 0.3 is 6.03 Å². The topological polar surface area (TPSA) is 250 Å². The number of nitrogens with two attached hydrogens (primary N) is 1. The van der Waals surface area contributed by atoms with Crippen LogP contribution < -0.4 is 27.0 Å². The van der Waals surface area contributed by atoms with Gasteiger partial charge in [-0.2, -0.15) is 0 Å². The molecule has 6 amide bonds. The summed E-state index contributed by atoms with van der Waals surface area (Å²) in [6, 6.07) is 13.2. The number of carbonyl (C=O) groups is 5. The maximum absolute atomic E-state index is 13.1. The number of anilines is 4. The van der Waals surface area contributed by atoms with Gasteiger partial charge in [-0.15, -0.1) is 5.10 Å². The van der Waals surface area contributed by atoms with Crippen molar-refractivity contribution in [3.8, 4) is 11.1 Å². The average molecular weight is 870 g/mol. The van der Waals surface area contributed by atoms with Crippen molar-refractivity contribution in [2.75, 3.05) is 21.7 Å². The van der Waals surface area contributed by atoms with Crippen LogP contribution in [0.2, 0.25) is 0 Å². The monoisotopic (exact) mass is 869 g/mol. The number of unbranched alkanes of at least 4 members (excludes halogenated alkanes) is 3. The van der Waals surface area contributed by atoms with Crippen molar-refractivity contribution in [2.45, 2.75) is 110 Å². The Kier molecular flexibility index (Phi) is 12.5. The van der Waals surface area contributed by atoms with Gasteiger partial charge in [0, 0.05) is 84.4 Å². The van der Waals surface area contributed by atoms with Gasteiger partial charge in [0.25, 0.3) is 5.91 Å². The lowest BCUT2D eigenvalue weighted by molar-refractivity contribution is -0.137. The molecule has 1 saturated heterocycles. The molecule has 0 bridgehead atoms. The minimum absolute atomic E-state index is 0.145. The van der Waals surface area contributed by atoms with E-state index in [0.29, 0.717) is 65.8 Å². The van der Waals surface area contributed by atoms with Gasteiger partial charge in [0.05, 0.1) is 11.1 Å². The Morgan fingerprint density at radius 2 is 1.73 bits per heavy atom. The second-order valence-electron chi connectivity index (χ2n) is 17.2. The number of aryl methyl sites for hydroxylation is 3. The molecule has 8 rings (SSSR count). The molecule has 332 valence electrons. The molecule has 0 spiro atoms. The lowest BCUT2D eigenvalue weighted by Crippen LogP contribution is -2.52. The average Bonchev–Trinajstić information content (AvgIpc) is 4.07. The van der Waals surface area contributed by atoms with Crippen LogP contribution in [0.1, 0.15) is 99.5 Å². The van der Waals surface area contributed by atoms with Crippen molar-refractivity contribution in [2.24, 2.45) is 0 Å². The lowest BCUT2D eigenvalue weighted by atomic mass is 9.93. The molecule has 64 heavy (non-hydrogen) atoms. The number of fused-ring (bicyclic) bond motifs is 2. The Balaban J connectivity index is 0.764. The molecule has 19 heteroatoms. The van der Waals surface area contributed by atoms with Crippen LogP contribution in [0.4, 0.5) is 27.8 Å². The number of nitrogens with zero attached hydrogens (tertiary/aromatic N) is 8. The number of aromatic nitrogens is 7. The first kappa shape index (κ1) is 43.2. The highest BCUT2D eigenvalue weighted by molar-refractivity contribution is 6.07. The molecule has 1 fully saturated rings. The summed E-state index contributed by atoms with van der Waals surface area (Å²) in [6.07, 6.45) is 11.1. The number of rotatable bonds is 16. The minimum Gasteiger partial charge on any atom is -0.383 e. The first-order valence-corrected chi connectivity index (χ1v) is 21.5. The SMILES string of the molecule is CC(C)(C)c1cc(NC(=O)Nc2ccc(-c3cn(CCCCc4cn(CCCCCC(=O)Nc5cccc6c5CN(C5CCC(=O)NC5=O)C6=O)nn4)c4ncnc(N)c34)cc2)no1. The van der Waals surface area contributed by atoms with E-state index in [9.17, 15) is 24.0 Å². The van der Waals surface area contributed by atoms with Crippen LogP contribution in [0.3, 0.4) is 0 Å². The van der Waals surface area contributed by atoms with Crippen molar-refractivity contribution < 1.29 is 28.5 Å². The Morgan fingerprint density at radius 1 is 0.922 bits per heavy atom. The quantitative estimate of drug-likeness (QED) is 0.0540. The van der Waals surface area contributed by atoms with Gasteiger partial charge in [-0.05, 0) is 68.4 Å². The highest BCUT2D eigenvalue weighted by Gasteiger charge is 2.40. The van der Waals surface area contributed by atoms with Gasteiger partial charge in [0.1, 0.15) is 29.6 Å². The van der Waals surface area contributed by atoms with Crippen LogP contribution in [0.15, 0.2) is 71.8 Å². The number of benzene rings is 2. The number of amides is 6. The highest BCUT2D eigenvalue weighted by atomic mass is 16.5. The summed E-state index contributed by atoms with van der Waals surface area (Å²) in [5.74, 6) is 0.153. The standard InChI is InChI=1S/C45H51N13O6/c1-45(2,3)35-22-36(54-64-35)51-44(63)49-28-16-14-27(15-17-28)31-24-56(41-39(31)40(46)47-26-48-41)20-8-6-10-29-23-57(55-53-29)21-7-4-5-13-37(59)50-33-12-9-11-30-32(33)25-58(43(30)62)34-18-19-38(60)52-42(34)61/h9,11-12,14-17,22-24,26,34H,4-8,10,13,18-21,25H2,1-3H3,(H,50,59)(H2,46,47,48)(H,52,60,61)(H2,49,51,54,63). The molecule has 6 N–H and O–H groups in total. The molecular weight excluding hydrogens is 819 g/mol. The molecule has 4 aromatic heterocycles. The fourth-order valence-corrected chi connectivity index (χ4v) is 8.04. The summed E-state index contributed by atoms with van der Waals surface area (Å²) in [4.78, 5) is 73.0. The van der Waals surface area contributed by atoms with Crippen molar-refractivity contribution >= 4 is 63.7 Å². The summed E-state index contributed by atoms with van der Waals surface area (Å²) in [7, 11) is 0.